The highest BCUT2D eigenvalue weighted by Crippen LogP contribution is 2.32. The van der Waals surface area contributed by atoms with Crippen LogP contribution < -0.4 is 5.32 Å². The molecule has 1 aromatic carbocycles. The number of thiophene rings is 1. The molecule has 1 saturated heterocycles. The average molecular weight is 331 g/mol. The van der Waals surface area contributed by atoms with Gasteiger partial charge in [-0.2, -0.15) is 0 Å². The lowest BCUT2D eigenvalue weighted by atomic mass is 10.1. The number of amides is 2. The molecule has 0 radical (unpaired) electrons. The zero-order chi connectivity index (χ0) is 15.7. The highest BCUT2D eigenvalue weighted by atomic mass is 32.2. The SMILES string of the molecule is O=C1NC(=O)/C(=C\c2ccc(-c3ccc(C(=O)O)cc3)s2)S1. The Morgan fingerprint density at radius 3 is 2.41 bits per heavy atom. The predicted octanol–water partition coefficient (Wildman–Crippen LogP) is 3.44. The van der Waals surface area contributed by atoms with Crippen molar-refractivity contribution in [2.45, 2.75) is 0 Å². The number of hydrogen-bond donors (Lipinski definition) is 2. The van der Waals surface area contributed by atoms with Crippen LogP contribution in [0.1, 0.15) is 15.2 Å². The van der Waals surface area contributed by atoms with Crippen LogP contribution in [0.4, 0.5) is 4.79 Å². The molecule has 1 fully saturated rings. The number of carbonyl (C=O) groups excluding carboxylic acids is 2. The van der Waals surface area contributed by atoms with Crippen molar-refractivity contribution in [3.05, 3.63) is 51.7 Å². The van der Waals surface area contributed by atoms with Gasteiger partial charge in [-0.3, -0.25) is 14.9 Å². The third kappa shape index (κ3) is 2.95. The second-order valence-electron chi connectivity index (χ2n) is 4.44. The number of imide groups is 1. The lowest BCUT2D eigenvalue weighted by molar-refractivity contribution is -0.115. The molecule has 5 nitrogen and oxygen atoms in total. The Kier molecular flexibility index (Phi) is 3.82. The van der Waals surface area contributed by atoms with E-state index in [-0.39, 0.29) is 16.7 Å². The minimum atomic E-state index is -0.961. The Balaban J connectivity index is 1.85. The summed E-state index contributed by atoms with van der Waals surface area (Å²) in [6, 6.07) is 10.3. The van der Waals surface area contributed by atoms with E-state index in [0.29, 0.717) is 4.91 Å². The number of rotatable bonds is 3. The van der Waals surface area contributed by atoms with Gasteiger partial charge in [0.1, 0.15) is 0 Å². The first-order valence-corrected chi connectivity index (χ1v) is 7.84. The molecule has 2 aromatic rings. The standard InChI is InChI=1S/C15H9NO4S2/c17-13-12(22-15(20)16-13)7-10-5-6-11(21-10)8-1-3-9(4-2-8)14(18)19/h1-7H,(H,18,19)(H,16,17,20)/b12-7+. The van der Waals surface area contributed by atoms with Crippen LogP contribution in [-0.4, -0.2) is 22.2 Å². The van der Waals surface area contributed by atoms with E-state index >= 15 is 0 Å². The normalized spacial score (nSPS) is 16.1. The average Bonchev–Trinajstić information content (AvgIpc) is 3.06. The molecule has 2 N–H and O–H groups in total. The van der Waals surface area contributed by atoms with Gasteiger partial charge in [-0.1, -0.05) is 12.1 Å². The molecule has 110 valence electrons. The van der Waals surface area contributed by atoms with Gasteiger partial charge in [-0.15, -0.1) is 11.3 Å². The summed E-state index contributed by atoms with van der Waals surface area (Å²) in [5.74, 6) is -1.34. The van der Waals surface area contributed by atoms with Crippen molar-refractivity contribution in [1.29, 1.82) is 0 Å². The fourth-order valence-electron chi connectivity index (χ4n) is 1.91. The number of benzene rings is 1. The van der Waals surface area contributed by atoms with E-state index in [1.165, 1.54) is 11.3 Å². The van der Waals surface area contributed by atoms with Crippen LogP contribution in [-0.2, 0) is 4.79 Å². The maximum absolute atomic E-state index is 11.5. The molecule has 22 heavy (non-hydrogen) atoms. The first-order chi connectivity index (χ1) is 10.5. The number of nitrogens with one attached hydrogen (secondary N) is 1. The Bertz CT molecular complexity index is 805. The minimum absolute atomic E-state index is 0.236. The molecule has 1 aliphatic heterocycles. The Morgan fingerprint density at radius 1 is 1.09 bits per heavy atom. The zero-order valence-electron chi connectivity index (χ0n) is 11.0. The summed E-state index contributed by atoms with van der Waals surface area (Å²) < 4.78 is 0. The van der Waals surface area contributed by atoms with Gasteiger partial charge >= 0.3 is 5.97 Å². The summed E-state index contributed by atoms with van der Waals surface area (Å²) in [4.78, 5) is 35.6. The number of hydrogen-bond acceptors (Lipinski definition) is 5. The van der Waals surface area contributed by atoms with E-state index < -0.39 is 5.97 Å². The molecular formula is C15H9NO4S2. The quantitative estimate of drug-likeness (QED) is 0.842. The van der Waals surface area contributed by atoms with Crippen molar-refractivity contribution in [1.82, 2.24) is 5.32 Å². The molecular weight excluding hydrogens is 322 g/mol. The van der Waals surface area contributed by atoms with Gasteiger partial charge in [0.25, 0.3) is 11.1 Å². The highest BCUT2D eigenvalue weighted by Gasteiger charge is 2.25. The lowest BCUT2D eigenvalue weighted by Gasteiger charge is -1.98. The van der Waals surface area contributed by atoms with Crippen LogP contribution in [0.2, 0.25) is 0 Å². The first-order valence-electron chi connectivity index (χ1n) is 6.21. The van der Waals surface area contributed by atoms with Gasteiger partial charge in [0.15, 0.2) is 0 Å². The molecule has 7 heteroatoms. The number of aromatic carboxylic acids is 1. The summed E-state index contributed by atoms with van der Waals surface area (Å²) in [6.07, 6.45) is 1.67. The van der Waals surface area contributed by atoms with Crippen LogP contribution in [0.3, 0.4) is 0 Å². The third-order valence-electron chi connectivity index (χ3n) is 2.96. The van der Waals surface area contributed by atoms with E-state index in [9.17, 15) is 14.4 Å². The first kappa shape index (κ1) is 14.6. The van der Waals surface area contributed by atoms with Crippen molar-refractivity contribution in [3.63, 3.8) is 0 Å². The number of carboxylic acid groups (broad SMARTS) is 1. The molecule has 0 unspecified atom stereocenters. The van der Waals surface area contributed by atoms with Gasteiger partial charge in [0.05, 0.1) is 10.5 Å². The molecule has 3 rings (SSSR count). The summed E-state index contributed by atoms with van der Waals surface area (Å²) in [5.41, 5.74) is 1.14. The van der Waals surface area contributed by atoms with Gasteiger partial charge in [-0.05, 0) is 47.7 Å². The van der Waals surface area contributed by atoms with Gasteiger partial charge in [-0.25, -0.2) is 4.79 Å². The van der Waals surface area contributed by atoms with Crippen molar-refractivity contribution >= 4 is 46.3 Å². The maximum atomic E-state index is 11.5. The van der Waals surface area contributed by atoms with E-state index in [1.807, 2.05) is 12.1 Å². The molecule has 2 heterocycles. The van der Waals surface area contributed by atoms with E-state index in [4.69, 9.17) is 5.11 Å². The van der Waals surface area contributed by atoms with Crippen molar-refractivity contribution in [2.75, 3.05) is 0 Å². The fraction of sp³-hybridized carbons (Fsp3) is 0. The largest absolute Gasteiger partial charge is 0.478 e. The van der Waals surface area contributed by atoms with Crippen molar-refractivity contribution < 1.29 is 19.5 Å². The highest BCUT2D eigenvalue weighted by molar-refractivity contribution is 8.18. The number of thioether (sulfide) groups is 1. The molecule has 0 spiro atoms. The molecule has 0 saturated carbocycles. The number of carboxylic acids is 1. The molecule has 1 aliphatic rings. The lowest BCUT2D eigenvalue weighted by Crippen LogP contribution is -2.17. The predicted molar refractivity (Wildman–Crippen MR) is 85.8 cm³/mol. The summed E-state index contributed by atoms with van der Waals surface area (Å²) in [6.45, 7) is 0. The number of carbonyl (C=O) groups is 3. The van der Waals surface area contributed by atoms with Crippen LogP contribution in [0, 0.1) is 0 Å². The van der Waals surface area contributed by atoms with E-state index in [0.717, 1.165) is 27.1 Å². The Hall–Kier alpha value is -2.38. The molecule has 2 amide bonds. The smallest absolute Gasteiger partial charge is 0.335 e. The van der Waals surface area contributed by atoms with Gasteiger partial charge < -0.3 is 5.11 Å². The Labute approximate surface area is 133 Å². The third-order valence-corrected chi connectivity index (χ3v) is 4.85. The Morgan fingerprint density at radius 2 is 1.82 bits per heavy atom. The summed E-state index contributed by atoms with van der Waals surface area (Å²) in [5, 5.41) is 10.7. The van der Waals surface area contributed by atoms with Crippen molar-refractivity contribution in [2.24, 2.45) is 0 Å². The minimum Gasteiger partial charge on any atom is -0.478 e. The molecule has 1 aromatic heterocycles. The van der Waals surface area contributed by atoms with Crippen LogP contribution >= 0.6 is 23.1 Å². The van der Waals surface area contributed by atoms with Gasteiger partial charge in [0, 0.05) is 9.75 Å². The van der Waals surface area contributed by atoms with E-state index in [1.54, 1.807) is 30.3 Å². The second-order valence-corrected chi connectivity index (χ2v) is 6.57. The van der Waals surface area contributed by atoms with Crippen LogP contribution in [0.5, 0.6) is 0 Å². The zero-order valence-corrected chi connectivity index (χ0v) is 12.7. The summed E-state index contributed by atoms with van der Waals surface area (Å²) in [7, 11) is 0. The molecule has 0 bridgehead atoms. The summed E-state index contributed by atoms with van der Waals surface area (Å²) >= 11 is 2.34. The fourth-order valence-corrected chi connectivity index (χ4v) is 3.62. The second kappa shape index (κ2) is 5.78. The van der Waals surface area contributed by atoms with Gasteiger partial charge in [0.2, 0.25) is 0 Å². The van der Waals surface area contributed by atoms with Crippen molar-refractivity contribution in [3.8, 4) is 10.4 Å². The monoisotopic (exact) mass is 331 g/mol. The van der Waals surface area contributed by atoms with Crippen LogP contribution in [0.25, 0.3) is 16.5 Å². The van der Waals surface area contributed by atoms with E-state index in [2.05, 4.69) is 5.32 Å². The molecule has 0 aliphatic carbocycles. The maximum Gasteiger partial charge on any atom is 0.335 e. The van der Waals surface area contributed by atoms with Crippen LogP contribution in [0.15, 0.2) is 41.3 Å². The molecule has 0 atom stereocenters. The topological polar surface area (TPSA) is 83.5 Å².